The molecule has 0 bridgehead atoms. The van der Waals surface area contributed by atoms with Crippen molar-refractivity contribution in [2.45, 2.75) is 9.79 Å². The minimum absolute atomic E-state index is 0.110. The van der Waals surface area contributed by atoms with E-state index in [1.54, 1.807) is 31.4 Å². The minimum atomic E-state index is -0.273. The van der Waals surface area contributed by atoms with Gasteiger partial charge in [0.25, 0.3) is 5.56 Å². The molecule has 0 atom stereocenters. The molecular formula is C15H11FN2OS. The van der Waals surface area contributed by atoms with Crippen molar-refractivity contribution in [1.82, 2.24) is 9.55 Å². The minimum Gasteiger partial charge on any atom is -0.296 e. The summed E-state index contributed by atoms with van der Waals surface area (Å²) in [7, 11) is 1.70. The maximum atomic E-state index is 12.9. The molecule has 0 N–H and O–H groups in total. The van der Waals surface area contributed by atoms with Gasteiger partial charge < -0.3 is 0 Å². The number of halogens is 1. The van der Waals surface area contributed by atoms with Crippen LogP contribution in [0.4, 0.5) is 4.39 Å². The van der Waals surface area contributed by atoms with Gasteiger partial charge in [-0.15, -0.1) is 0 Å². The highest BCUT2D eigenvalue weighted by Gasteiger charge is 2.08. The van der Waals surface area contributed by atoms with Gasteiger partial charge in [-0.05, 0) is 36.4 Å². The molecule has 0 aliphatic carbocycles. The SMILES string of the molecule is Cn1c(=O)cc(Sc2ccc(F)cc2)c2cccnc21. The van der Waals surface area contributed by atoms with Crippen LogP contribution in [0.15, 0.2) is 63.2 Å². The number of hydrogen-bond donors (Lipinski definition) is 0. The van der Waals surface area contributed by atoms with Crippen LogP contribution >= 0.6 is 11.8 Å². The number of aryl methyl sites for hydroxylation is 1. The standard InChI is InChI=1S/C15H11FN2OS/c1-18-14(19)9-13(12-3-2-8-17-15(12)18)20-11-6-4-10(16)5-7-11/h2-9H,1H3. The van der Waals surface area contributed by atoms with Gasteiger partial charge in [-0.2, -0.15) is 0 Å². The second-order valence-corrected chi connectivity index (χ2v) is 5.45. The van der Waals surface area contributed by atoms with Gasteiger partial charge in [0.1, 0.15) is 11.5 Å². The highest BCUT2D eigenvalue weighted by Crippen LogP contribution is 2.31. The maximum absolute atomic E-state index is 12.9. The molecule has 0 unspecified atom stereocenters. The van der Waals surface area contributed by atoms with E-state index < -0.39 is 0 Å². The number of nitrogens with zero attached hydrogens (tertiary/aromatic N) is 2. The Hall–Kier alpha value is -2.14. The van der Waals surface area contributed by atoms with Gasteiger partial charge in [-0.3, -0.25) is 9.36 Å². The Labute approximate surface area is 119 Å². The van der Waals surface area contributed by atoms with Gasteiger partial charge >= 0.3 is 0 Å². The van der Waals surface area contributed by atoms with E-state index in [1.165, 1.54) is 28.5 Å². The van der Waals surface area contributed by atoms with Crippen LogP contribution in [0.25, 0.3) is 11.0 Å². The summed E-state index contributed by atoms with van der Waals surface area (Å²) in [5.41, 5.74) is 0.533. The van der Waals surface area contributed by atoms with Crippen molar-refractivity contribution < 1.29 is 4.39 Å². The number of fused-ring (bicyclic) bond motifs is 1. The zero-order chi connectivity index (χ0) is 14.1. The van der Waals surface area contributed by atoms with E-state index in [9.17, 15) is 9.18 Å². The van der Waals surface area contributed by atoms with E-state index in [-0.39, 0.29) is 11.4 Å². The second-order valence-electron chi connectivity index (χ2n) is 4.34. The lowest BCUT2D eigenvalue weighted by Crippen LogP contribution is -2.16. The fourth-order valence-electron chi connectivity index (χ4n) is 1.96. The van der Waals surface area contributed by atoms with Crippen molar-refractivity contribution in [3.63, 3.8) is 0 Å². The number of benzene rings is 1. The number of pyridine rings is 2. The fourth-order valence-corrected chi connectivity index (χ4v) is 2.92. The molecule has 0 saturated carbocycles. The Balaban J connectivity index is 2.14. The van der Waals surface area contributed by atoms with Crippen LogP contribution in [0.5, 0.6) is 0 Å². The largest absolute Gasteiger partial charge is 0.296 e. The van der Waals surface area contributed by atoms with Crippen molar-refractivity contribution in [2.75, 3.05) is 0 Å². The van der Waals surface area contributed by atoms with E-state index in [0.29, 0.717) is 5.65 Å². The van der Waals surface area contributed by atoms with Crippen LogP contribution in [0.1, 0.15) is 0 Å². The van der Waals surface area contributed by atoms with Crippen molar-refractivity contribution in [2.24, 2.45) is 7.05 Å². The summed E-state index contributed by atoms with van der Waals surface area (Å²) >= 11 is 1.43. The van der Waals surface area contributed by atoms with Gasteiger partial charge in [0.2, 0.25) is 0 Å². The number of rotatable bonds is 2. The molecule has 0 amide bonds. The fraction of sp³-hybridized carbons (Fsp3) is 0.0667. The summed E-state index contributed by atoms with van der Waals surface area (Å²) in [6.45, 7) is 0. The number of hydrogen-bond acceptors (Lipinski definition) is 3. The predicted octanol–water partition coefficient (Wildman–Crippen LogP) is 3.22. The van der Waals surface area contributed by atoms with E-state index in [4.69, 9.17) is 0 Å². The van der Waals surface area contributed by atoms with E-state index >= 15 is 0 Å². The molecule has 0 fully saturated rings. The monoisotopic (exact) mass is 286 g/mol. The topological polar surface area (TPSA) is 34.9 Å². The van der Waals surface area contributed by atoms with Crippen LogP contribution in [0.3, 0.4) is 0 Å². The molecule has 3 rings (SSSR count). The smallest absolute Gasteiger partial charge is 0.253 e. The number of aromatic nitrogens is 2. The molecule has 3 nitrogen and oxygen atoms in total. The predicted molar refractivity (Wildman–Crippen MR) is 77.5 cm³/mol. The zero-order valence-corrected chi connectivity index (χ0v) is 11.5. The van der Waals surface area contributed by atoms with Gasteiger partial charge in [0.05, 0.1) is 0 Å². The Morgan fingerprint density at radius 1 is 1.20 bits per heavy atom. The normalized spacial score (nSPS) is 10.9. The molecule has 5 heteroatoms. The second kappa shape index (κ2) is 5.09. The van der Waals surface area contributed by atoms with Gasteiger partial charge in [0.15, 0.2) is 0 Å². The quantitative estimate of drug-likeness (QED) is 0.725. The highest BCUT2D eigenvalue weighted by molar-refractivity contribution is 7.99. The van der Waals surface area contributed by atoms with Crippen LogP contribution in [0.2, 0.25) is 0 Å². The lowest BCUT2D eigenvalue weighted by atomic mass is 10.3. The molecule has 0 radical (unpaired) electrons. The molecule has 1 aromatic carbocycles. The third kappa shape index (κ3) is 2.32. The van der Waals surface area contributed by atoms with Crippen molar-refractivity contribution in [3.05, 3.63) is 64.8 Å². The molecule has 100 valence electrons. The molecule has 3 aromatic rings. The third-order valence-corrected chi connectivity index (χ3v) is 4.06. The van der Waals surface area contributed by atoms with Gasteiger partial charge in [0, 0.05) is 34.5 Å². The van der Waals surface area contributed by atoms with Crippen molar-refractivity contribution >= 4 is 22.8 Å². The summed E-state index contributed by atoms with van der Waals surface area (Å²) in [5.74, 6) is -0.273. The molecule has 2 aromatic heterocycles. The molecule has 20 heavy (non-hydrogen) atoms. The molecular weight excluding hydrogens is 275 g/mol. The van der Waals surface area contributed by atoms with Crippen LogP contribution in [0, 0.1) is 5.82 Å². The maximum Gasteiger partial charge on any atom is 0.253 e. The van der Waals surface area contributed by atoms with Gasteiger partial charge in [-0.25, -0.2) is 9.37 Å². The molecule has 0 saturated heterocycles. The van der Waals surface area contributed by atoms with E-state index in [0.717, 1.165) is 15.2 Å². The average molecular weight is 286 g/mol. The summed E-state index contributed by atoms with van der Waals surface area (Å²) in [4.78, 5) is 17.9. The third-order valence-electron chi connectivity index (χ3n) is 3.00. The van der Waals surface area contributed by atoms with Gasteiger partial charge in [-0.1, -0.05) is 11.8 Å². The first-order valence-corrected chi connectivity index (χ1v) is 6.85. The summed E-state index contributed by atoms with van der Waals surface area (Å²) in [6, 6.07) is 11.5. The van der Waals surface area contributed by atoms with Crippen LogP contribution in [-0.4, -0.2) is 9.55 Å². The van der Waals surface area contributed by atoms with E-state index in [2.05, 4.69) is 4.98 Å². The first kappa shape index (κ1) is 12.9. The Bertz CT molecular complexity index is 827. The highest BCUT2D eigenvalue weighted by atomic mass is 32.2. The Kier molecular flexibility index (Phi) is 3.28. The summed E-state index contributed by atoms with van der Waals surface area (Å²) in [5, 5.41) is 0.906. The van der Waals surface area contributed by atoms with Crippen molar-refractivity contribution in [3.8, 4) is 0 Å². The summed E-state index contributed by atoms with van der Waals surface area (Å²) < 4.78 is 14.4. The molecule has 0 aliphatic rings. The average Bonchev–Trinajstić information content (AvgIpc) is 2.47. The lowest BCUT2D eigenvalue weighted by Gasteiger charge is -2.08. The molecule has 0 spiro atoms. The van der Waals surface area contributed by atoms with Crippen molar-refractivity contribution in [1.29, 1.82) is 0 Å². The van der Waals surface area contributed by atoms with Crippen LogP contribution in [-0.2, 0) is 7.05 Å². The molecule has 2 heterocycles. The zero-order valence-electron chi connectivity index (χ0n) is 10.7. The first-order chi connectivity index (χ1) is 9.65. The first-order valence-electron chi connectivity index (χ1n) is 6.03. The van der Waals surface area contributed by atoms with E-state index in [1.807, 2.05) is 12.1 Å². The van der Waals surface area contributed by atoms with Crippen LogP contribution < -0.4 is 5.56 Å². The molecule has 0 aliphatic heterocycles. The Morgan fingerprint density at radius 2 is 1.95 bits per heavy atom. The lowest BCUT2D eigenvalue weighted by molar-refractivity contribution is 0.626. The Morgan fingerprint density at radius 3 is 2.70 bits per heavy atom. The summed E-state index contributed by atoms with van der Waals surface area (Å²) in [6.07, 6.45) is 1.66.